The highest BCUT2D eigenvalue weighted by Gasteiger charge is 2.18. The molecule has 5 nitrogen and oxygen atoms in total. The molecular formula is C17H21N3O2. The molecule has 0 amide bonds. The van der Waals surface area contributed by atoms with Gasteiger partial charge in [-0.05, 0) is 57.1 Å². The molecule has 1 aliphatic rings. The smallest absolute Gasteiger partial charge is 0.254 e. The molecule has 0 atom stereocenters. The van der Waals surface area contributed by atoms with Gasteiger partial charge >= 0.3 is 0 Å². The lowest BCUT2D eigenvalue weighted by Gasteiger charge is -2.26. The molecule has 0 spiro atoms. The summed E-state index contributed by atoms with van der Waals surface area (Å²) in [4.78, 5) is 17.2. The first-order valence-corrected chi connectivity index (χ1v) is 7.64. The second-order valence-corrected chi connectivity index (χ2v) is 5.61. The van der Waals surface area contributed by atoms with E-state index in [4.69, 9.17) is 4.74 Å². The molecule has 116 valence electrons. The van der Waals surface area contributed by atoms with Crippen molar-refractivity contribution in [1.82, 2.24) is 14.9 Å². The Bertz CT molecular complexity index is 701. The lowest BCUT2D eigenvalue weighted by Crippen LogP contribution is -2.35. The highest BCUT2D eigenvalue weighted by atomic mass is 16.5. The number of aryl methyl sites for hydroxylation is 1. The molecule has 0 unspecified atom stereocenters. The average molecular weight is 299 g/mol. The molecular weight excluding hydrogens is 278 g/mol. The Labute approximate surface area is 130 Å². The van der Waals surface area contributed by atoms with Gasteiger partial charge in [-0.15, -0.1) is 0 Å². The van der Waals surface area contributed by atoms with E-state index < -0.39 is 0 Å². The van der Waals surface area contributed by atoms with Crippen molar-refractivity contribution in [3.63, 3.8) is 0 Å². The van der Waals surface area contributed by atoms with Crippen molar-refractivity contribution in [2.75, 3.05) is 20.2 Å². The van der Waals surface area contributed by atoms with Crippen LogP contribution in [0, 0.1) is 6.92 Å². The highest BCUT2D eigenvalue weighted by Crippen LogP contribution is 2.22. The number of piperidine rings is 1. The van der Waals surface area contributed by atoms with Crippen LogP contribution in [0.1, 0.15) is 24.7 Å². The molecule has 2 aromatic rings. The van der Waals surface area contributed by atoms with Crippen molar-refractivity contribution in [2.45, 2.75) is 25.8 Å². The first-order valence-electron chi connectivity index (χ1n) is 7.64. The molecule has 22 heavy (non-hydrogen) atoms. The van der Waals surface area contributed by atoms with Crippen molar-refractivity contribution in [2.24, 2.45) is 0 Å². The van der Waals surface area contributed by atoms with Gasteiger partial charge in [-0.3, -0.25) is 9.36 Å². The summed E-state index contributed by atoms with van der Waals surface area (Å²) in [7, 11) is 1.64. The molecule has 1 N–H and O–H groups in total. The van der Waals surface area contributed by atoms with Crippen LogP contribution in [0.2, 0.25) is 0 Å². The number of rotatable bonds is 3. The lowest BCUT2D eigenvalue weighted by atomic mass is 10.1. The average Bonchev–Trinajstić information content (AvgIpc) is 2.55. The van der Waals surface area contributed by atoms with Gasteiger partial charge in [-0.1, -0.05) is 0 Å². The standard InChI is InChI=1S/C17H21N3O2/c1-12-19-16(13-3-5-15(22-2)6-4-13)11-17(21)20(12)14-7-9-18-10-8-14/h3-6,11,14,18H,7-10H2,1-2H3. The van der Waals surface area contributed by atoms with Crippen LogP contribution < -0.4 is 15.6 Å². The van der Waals surface area contributed by atoms with E-state index in [9.17, 15) is 4.79 Å². The summed E-state index contributed by atoms with van der Waals surface area (Å²) < 4.78 is 7.00. The number of hydrogen-bond acceptors (Lipinski definition) is 4. The number of aromatic nitrogens is 2. The molecule has 0 bridgehead atoms. The van der Waals surface area contributed by atoms with Gasteiger partial charge in [0, 0.05) is 17.7 Å². The first kappa shape index (κ1) is 14.8. The minimum Gasteiger partial charge on any atom is -0.497 e. The van der Waals surface area contributed by atoms with Crippen LogP contribution in [0.15, 0.2) is 35.1 Å². The SMILES string of the molecule is COc1ccc(-c2cc(=O)n(C3CCNCC3)c(C)n2)cc1. The maximum atomic E-state index is 12.5. The van der Waals surface area contributed by atoms with E-state index >= 15 is 0 Å². The normalized spacial score (nSPS) is 15.7. The summed E-state index contributed by atoms with van der Waals surface area (Å²) in [6.45, 7) is 3.82. The predicted molar refractivity (Wildman–Crippen MR) is 86.4 cm³/mol. The number of hydrogen-bond donors (Lipinski definition) is 1. The van der Waals surface area contributed by atoms with Gasteiger partial charge in [0.15, 0.2) is 0 Å². The Morgan fingerprint density at radius 1 is 1.23 bits per heavy atom. The van der Waals surface area contributed by atoms with Gasteiger partial charge in [0.1, 0.15) is 11.6 Å². The second-order valence-electron chi connectivity index (χ2n) is 5.61. The molecule has 1 aromatic heterocycles. The van der Waals surface area contributed by atoms with Crippen LogP contribution in [0.25, 0.3) is 11.3 Å². The molecule has 2 heterocycles. The van der Waals surface area contributed by atoms with E-state index in [1.54, 1.807) is 13.2 Å². The molecule has 1 aromatic carbocycles. The van der Waals surface area contributed by atoms with Crippen molar-refractivity contribution < 1.29 is 4.74 Å². The Hall–Kier alpha value is -2.14. The molecule has 0 radical (unpaired) electrons. The number of methoxy groups -OCH3 is 1. The summed E-state index contributed by atoms with van der Waals surface area (Å²) in [5, 5.41) is 3.32. The first-order chi connectivity index (χ1) is 10.7. The van der Waals surface area contributed by atoms with Gasteiger partial charge in [0.05, 0.1) is 12.8 Å². The number of nitrogens with one attached hydrogen (secondary N) is 1. The Morgan fingerprint density at radius 3 is 2.50 bits per heavy atom. The largest absolute Gasteiger partial charge is 0.497 e. The summed E-state index contributed by atoms with van der Waals surface area (Å²) in [5.41, 5.74) is 1.68. The van der Waals surface area contributed by atoms with Crippen molar-refractivity contribution >= 4 is 0 Å². The van der Waals surface area contributed by atoms with Crippen molar-refractivity contribution in [1.29, 1.82) is 0 Å². The topological polar surface area (TPSA) is 56.1 Å². The van der Waals surface area contributed by atoms with Crippen molar-refractivity contribution in [3.8, 4) is 17.0 Å². The van der Waals surface area contributed by atoms with Crippen LogP contribution in [-0.4, -0.2) is 29.8 Å². The van der Waals surface area contributed by atoms with E-state index in [0.29, 0.717) is 0 Å². The zero-order valence-corrected chi connectivity index (χ0v) is 13.0. The van der Waals surface area contributed by atoms with Crippen LogP contribution in [-0.2, 0) is 0 Å². The van der Waals surface area contributed by atoms with E-state index in [1.807, 2.05) is 35.8 Å². The van der Waals surface area contributed by atoms with Crippen LogP contribution in [0.4, 0.5) is 0 Å². The zero-order chi connectivity index (χ0) is 15.5. The van der Waals surface area contributed by atoms with Gasteiger partial charge in [0.2, 0.25) is 0 Å². The second kappa shape index (κ2) is 6.32. The quantitative estimate of drug-likeness (QED) is 0.943. The number of ether oxygens (including phenoxy) is 1. The summed E-state index contributed by atoms with van der Waals surface area (Å²) in [5.74, 6) is 1.58. The number of benzene rings is 1. The molecule has 1 saturated heterocycles. The van der Waals surface area contributed by atoms with E-state index in [0.717, 1.165) is 48.8 Å². The van der Waals surface area contributed by atoms with E-state index in [2.05, 4.69) is 10.3 Å². The third-order valence-electron chi connectivity index (χ3n) is 4.19. The molecule has 0 aliphatic carbocycles. The Morgan fingerprint density at radius 2 is 1.91 bits per heavy atom. The predicted octanol–water partition coefficient (Wildman–Crippen LogP) is 2.15. The monoisotopic (exact) mass is 299 g/mol. The highest BCUT2D eigenvalue weighted by molar-refractivity contribution is 5.59. The summed E-state index contributed by atoms with van der Waals surface area (Å²) in [6.07, 6.45) is 1.95. The minimum absolute atomic E-state index is 0.0326. The Balaban J connectivity index is 1.95. The zero-order valence-electron chi connectivity index (χ0n) is 13.0. The van der Waals surface area contributed by atoms with E-state index in [1.165, 1.54) is 0 Å². The fraction of sp³-hybridized carbons (Fsp3) is 0.412. The van der Waals surface area contributed by atoms with Gasteiger partial charge in [0.25, 0.3) is 5.56 Å². The van der Waals surface area contributed by atoms with Gasteiger partial charge < -0.3 is 10.1 Å². The van der Waals surface area contributed by atoms with Crippen LogP contribution >= 0.6 is 0 Å². The molecule has 1 aliphatic heterocycles. The third-order valence-corrected chi connectivity index (χ3v) is 4.19. The minimum atomic E-state index is 0.0326. The van der Waals surface area contributed by atoms with Gasteiger partial charge in [-0.25, -0.2) is 4.98 Å². The molecule has 1 fully saturated rings. The summed E-state index contributed by atoms with van der Waals surface area (Å²) >= 11 is 0. The maximum absolute atomic E-state index is 12.5. The molecule has 3 rings (SSSR count). The maximum Gasteiger partial charge on any atom is 0.254 e. The van der Waals surface area contributed by atoms with E-state index in [-0.39, 0.29) is 11.6 Å². The fourth-order valence-electron chi connectivity index (χ4n) is 3.03. The van der Waals surface area contributed by atoms with Gasteiger partial charge in [-0.2, -0.15) is 0 Å². The van der Waals surface area contributed by atoms with Crippen LogP contribution in [0.5, 0.6) is 5.75 Å². The molecule has 0 saturated carbocycles. The number of nitrogens with zero attached hydrogens (tertiary/aromatic N) is 2. The molecule has 5 heteroatoms. The lowest BCUT2D eigenvalue weighted by molar-refractivity contribution is 0.352. The van der Waals surface area contributed by atoms with Crippen LogP contribution in [0.3, 0.4) is 0 Å². The fourth-order valence-corrected chi connectivity index (χ4v) is 3.03. The van der Waals surface area contributed by atoms with Crippen molar-refractivity contribution in [3.05, 3.63) is 46.5 Å². The third kappa shape index (κ3) is 2.90. The Kier molecular flexibility index (Phi) is 4.24. The summed E-state index contributed by atoms with van der Waals surface area (Å²) in [6, 6.07) is 9.50.